The first-order valence-electron chi connectivity index (χ1n) is 7.47. The van der Waals surface area contributed by atoms with Gasteiger partial charge in [-0.15, -0.1) is 0 Å². The number of nitrogens with one attached hydrogen (secondary N) is 1. The van der Waals surface area contributed by atoms with Crippen LogP contribution in [0.4, 0.5) is 10.5 Å². The van der Waals surface area contributed by atoms with Gasteiger partial charge in [-0.1, -0.05) is 13.8 Å². The van der Waals surface area contributed by atoms with Crippen LogP contribution in [0.15, 0.2) is 12.4 Å². The van der Waals surface area contributed by atoms with Crippen molar-refractivity contribution in [2.75, 3.05) is 18.4 Å². The number of carbonyl (C=O) groups is 1. The Morgan fingerprint density at radius 2 is 2.10 bits per heavy atom. The molecule has 112 valence electrons. The maximum absolute atomic E-state index is 12.3. The second-order valence-corrected chi connectivity index (χ2v) is 6.74. The van der Waals surface area contributed by atoms with Gasteiger partial charge in [0.05, 0.1) is 11.9 Å². The normalized spacial score (nSPS) is 18.9. The van der Waals surface area contributed by atoms with Gasteiger partial charge >= 0.3 is 6.03 Å². The minimum atomic E-state index is -0.00833. The molecule has 2 rings (SSSR count). The summed E-state index contributed by atoms with van der Waals surface area (Å²) in [6.07, 6.45) is 6.91. The predicted molar refractivity (Wildman–Crippen MR) is 80.8 cm³/mol. The number of aromatic nitrogens is 2. The van der Waals surface area contributed by atoms with E-state index in [0.29, 0.717) is 11.5 Å². The van der Waals surface area contributed by atoms with Crippen molar-refractivity contribution < 1.29 is 4.79 Å². The maximum Gasteiger partial charge on any atom is 0.321 e. The number of urea groups is 1. The molecule has 0 bridgehead atoms. The van der Waals surface area contributed by atoms with Crippen molar-refractivity contribution in [3.63, 3.8) is 0 Å². The Morgan fingerprint density at radius 1 is 1.35 bits per heavy atom. The summed E-state index contributed by atoms with van der Waals surface area (Å²) < 4.78 is 1.85. The zero-order chi connectivity index (χ0) is 14.8. The van der Waals surface area contributed by atoms with Crippen LogP contribution in [0, 0.1) is 5.41 Å². The van der Waals surface area contributed by atoms with E-state index in [0.717, 1.165) is 31.6 Å². The lowest BCUT2D eigenvalue weighted by Gasteiger charge is -2.23. The fraction of sp³-hybridized carbons (Fsp3) is 0.733. The molecule has 0 radical (unpaired) electrons. The predicted octanol–water partition coefficient (Wildman–Crippen LogP) is 3.51. The van der Waals surface area contributed by atoms with Crippen molar-refractivity contribution in [2.24, 2.45) is 5.41 Å². The Morgan fingerprint density at radius 3 is 2.75 bits per heavy atom. The topological polar surface area (TPSA) is 50.2 Å². The van der Waals surface area contributed by atoms with Crippen LogP contribution in [0.2, 0.25) is 0 Å². The first-order chi connectivity index (χ1) is 9.37. The summed E-state index contributed by atoms with van der Waals surface area (Å²) in [5.74, 6) is 0. The third kappa shape index (κ3) is 3.74. The van der Waals surface area contributed by atoms with Gasteiger partial charge in [0.25, 0.3) is 0 Å². The first-order valence-corrected chi connectivity index (χ1v) is 7.47. The Balaban J connectivity index is 1.94. The van der Waals surface area contributed by atoms with E-state index in [1.165, 1.54) is 6.42 Å². The third-order valence-corrected chi connectivity index (χ3v) is 4.01. The number of amides is 2. The fourth-order valence-corrected chi connectivity index (χ4v) is 2.51. The largest absolute Gasteiger partial charge is 0.325 e. The molecule has 0 aliphatic carbocycles. The molecule has 1 aliphatic rings. The number of nitrogens with zero attached hydrogens (tertiary/aromatic N) is 3. The third-order valence-electron chi connectivity index (χ3n) is 4.01. The molecule has 1 aliphatic heterocycles. The number of hydrogen-bond acceptors (Lipinski definition) is 2. The molecular formula is C15H26N4O. The van der Waals surface area contributed by atoms with E-state index in [1.807, 2.05) is 15.8 Å². The zero-order valence-corrected chi connectivity index (χ0v) is 13.0. The van der Waals surface area contributed by atoms with Gasteiger partial charge in [0.15, 0.2) is 0 Å². The van der Waals surface area contributed by atoms with Gasteiger partial charge in [-0.05, 0) is 38.5 Å². The van der Waals surface area contributed by atoms with Crippen molar-refractivity contribution in [3.8, 4) is 0 Å². The van der Waals surface area contributed by atoms with Gasteiger partial charge in [-0.2, -0.15) is 5.10 Å². The maximum atomic E-state index is 12.3. The second kappa shape index (κ2) is 5.85. The van der Waals surface area contributed by atoms with Gasteiger partial charge < -0.3 is 10.2 Å². The molecule has 1 aromatic heterocycles. The van der Waals surface area contributed by atoms with Crippen LogP contribution in [0.3, 0.4) is 0 Å². The molecule has 2 heterocycles. The highest BCUT2D eigenvalue weighted by atomic mass is 16.2. The summed E-state index contributed by atoms with van der Waals surface area (Å²) >= 11 is 0. The summed E-state index contributed by atoms with van der Waals surface area (Å²) in [6, 6.07) is 0.297. The van der Waals surface area contributed by atoms with E-state index in [-0.39, 0.29) is 6.03 Å². The van der Waals surface area contributed by atoms with Crippen molar-refractivity contribution in [1.29, 1.82) is 0 Å². The highest BCUT2D eigenvalue weighted by Crippen LogP contribution is 2.29. The molecule has 0 atom stereocenters. The Bertz CT molecular complexity index is 464. The molecular weight excluding hydrogens is 252 g/mol. The lowest BCUT2D eigenvalue weighted by atomic mass is 9.85. The van der Waals surface area contributed by atoms with Crippen LogP contribution >= 0.6 is 0 Å². The van der Waals surface area contributed by atoms with Crippen LogP contribution in [-0.4, -0.2) is 33.8 Å². The van der Waals surface area contributed by atoms with Gasteiger partial charge in [0.2, 0.25) is 0 Å². The summed E-state index contributed by atoms with van der Waals surface area (Å²) in [7, 11) is 0. The van der Waals surface area contributed by atoms with Crippen LogP contribution in [0.25, 0.3) is 0 Å². The second-order valence-electron chi connectivity index (χ2n) is 6.74. The zero-order valence-electron chi connectivity index (χ0n) is 13.0. The van der Waals surface area contributed by atoms with Crippen molar-refractivity contribution in [1.82, 2.24) is 14.7 Å². The summed E-state index contributed by atoms with van der Waals surface area (Å²) in [5.41, 5.74) is 1.12. The van der Waals surface area contributed by atoms with E-state index in [1.54, 1.807) is 6.20 Å². The first kappa shape index (κ1) is 14.9. The molecule has 1 N–H and O–H groups in total. The number of carbonyl (C=O) groups excluding carboxylic acids is 1. The van der Waals surface area contributed by atoms with Crippen molar-refractivity contribution in [2.45, 2.75) is 53.0 Å². The molecule has 0 saturated carbocycles. The molecule has 0 spiro atoms. The number of anilines is 1. The molecule has 1 fully saturated rings. The monoisotopic (exact) mass is 278 g/mol. The summed E-state index contributed by atoms with van der Waals surface area (Å²) in [4.78, 5) is 14.2. The molecule has 5 nitrogen and oxygen atoms in total. The van der Waals surface area contributed by atoms with Crippen LogP contribution in [-0.2, 0) is 0 Å². The van der Waals surface area contributed by atoms with Crippen LogP contribution in [0.1, 0.15) is 53.0 Å². The van der Waals surface area contributed by atoms with E-state index >= 15 is 0 Å². The highest BCUT2D eigenvalue weighted by molar-refractivity contribution is 5.89. The number of hydrogen-bond donors (Lipinski definition) is 1. The van der Waals surface area contributed by atoms with E-state index in [2.05, 4.69) is 38.1 Å². The summed E-state index contributed by atoms with van der Waals surface area (Å²) in [6.45, 7) is 10.4. The Kier molecular flexibility index (Phi) is 4.35. The molecule has 1 aromatic rings. The quantitative estimate of drug-likeness (QED) is 0.900. The Hall–Kier alpha value is -1.52. The number of likely N-dealkylation sites (tertiary alicyclic amines) is 1. The highest BCUT2D eigenvalue weighted by Gasteiger charge is 2.25. The number of rotatable bonds is 2. The minimum absolute atomic E-state index is 0.00833. The van der Waals surface area contributed by atoms with Gasteiger partial charge in [-0.3, -0.25) is 4.68 Å². The van der Waals surface area contributed by atoms with Crippen LogP contribution in [0.5, 0.6) is 0 Å². The molecule has 0 unspecified atom stereocenters. The van der Waals surface area contributed by atoms with Crippen molar-refractivity contribution in [3.05, 3.63) is 12.4 Å². The lowest BCUT2D eigenvalue weighted by molar-refractivity contribution is 0.211. The van der Waals surface area contributed by atoms with Crippen molar-refractivity contribution >= 4 is 11.7 Å². The van der Waals surface area contributed by atoms with Gasteiger partial charge in [0, 0.05) is 25.3 Å². The van der Waals surface area contributed by atoms with E-state index < -0.39 is 0 Å². The summed E-state index contributed by atoms with van der Waals surface area (Å²) in [5, 5.41) is 7.18. The van der Waals surface area contributed by atoms with Gasteiger partial charge in [0.1, 0.15) is 0 Å². The van der Waals surface area contributed by atoms with Gasteiger partial charge in [-0.25, -0.2) is 4.79 Å². The molecule has 1 saturated heterocycles. The van der Waals surface area contributed by atoms with Crippen LogP contribution < -0.4 is 5.32 Å². The lowest BCUT2D eigenvalue weighted by Crippen LogP contribution is -2.35. The average Bonchev–Trinajstić information content (AvgIpc) is 2.74. The van der Waals surface area contributed by atoms with E-state index in [9.17, 15) is 4.79 Å². The molecule has 20 heavy (non-hydrogen) atoms. The smallest absolute Gasteiger partial charge is 0.321 e. The Labute approximate surface area is 121 Å². The minimum Gasteiger partial charge on any atom is -0.325 e. The standard InChI is InChI=1S/C15H26N4O/c1-12(2)19-11-13(10-16-19)17-14(20)18-8-5-6-15(3,4)7-9-18/h10-12H,5-9H2,1-4H3,(H,17,20). The molecule has 5 heteroatoms. The SMILES string of the molecule is CC(C)n1cc(NC(=O)N2CCCC(C)(C)CC2)cn1. The average molecular weight is 278 g/mol. The molecule has 2 amide bonds. The van der Waals surface area contributed by atoms with E-state index in [4.69, 9.17) is 0 Å². The fourth-order valence-electron chi connectivity index (χ4n) is 2.51. The molecule has 0 aromatic carbocycles.